The number of carbonyl (C=O) groups is 3. The fourth-order valence-corrected chi connectivity index (χ4v) is 3.20. The van der Waals surface area contributed by atoms with Crippen LogP contribution >= 0.6 is 15.9 Å². The first-order chi connectivity index (χ1) is 15.4. The van der Waals surface area contributed by atoms with Crippen LogP contribution in [0.5, 0.6) is 0 Å². The second-order valence-corrected chi connectivity index (χ2v) is 7.43. The number of rotatable bonds is 7. The van der Waals surface area contributed by atoms with E-state index in [0.29, 0.717) is 28.2 Å². The van der Waals surface area contributed by atoms with Gasteiger partial charge in [-0.25, -0.2) is 4.79 Å². The van der Waals surface area contributed by atoms with Crippen molar-refractivity contribution in [3.05, 3.63) is 88.3 Å². The van der Waals surface area contributed by atoms with E-state index >= 15 is 0 Å². The lowest BCUT2D eigenvalue weighted by atomic mass is 10.1. The van der Waals surface area contributed by atoms with E-state index in [1.807, 2.05) is 0 Å². The fourth-order valence-electron chi connectivity index (χ4n) is 2.89. The molecular formula is C24H21BrN2O5. The molecule has 32 heavy (non-hydrogen) atoms. The normalized spacial score (nSPS) is 10.7. The Hall–Kier alpha value is -3.65. The van der Waals surface area contributed by atoms with E-state index in [9.17, 15) is 14.4 Å². The molecule has 1 heterocycles. The average Bonchev–Trinajstić information content (AvgIpc) is 3.24. The summed E-state index contributed by atoms with van der Waals surface area (Å²) in [6, 6.07) is 17.0. The highest BCUT2D eigenvalue weighted by Gasteiger charge is 2.22. The van der Waals surface area contributed by atoms with Gasteiger partial charge < -0.3 is 19.4 Å². The Labute approximate surface area is 193 Å². The van der Waals surface area contributed by atoms with E-state index in [0.717, 1.165) is 5.56 Å². The molecule has 0 unspecified atom stereocenters. The molecule has 0 bridgehead atoms. The van der Waals surface area contributed by atoms with E-state index in [1.54, 1.807) is 80.7 Å². The number of esters is 1. The Morgan fingerprint density at radius 2 is 1.78 bits per heavy atom. The van der Waals surface area contributed by atoms with E-state index in [2.05, 4.69) is 21.2 Å². The zero-order valence-corrected chi connectivity index (χ0v) is 19.1. The monoisotopic (exact) mass is 496 g/mol. The van der Waals surface area contributed by atoms with Crippen molar-refractivity contribution in [2.45, 2.75) is 6.92 Å². The molecule has 0 aliphatic rings. The van der Waals surface area contributed by atoms with Gasteiger partial charge in [0, 0.05) is 18.8 Å². The molecule has 1 aromatic heterocycles. The summed E-state index contributed by atoms with van der Waals surface area (Å²) in [5.74, 6) is -1.01. The zero-order chi connectivity index (χ0) is 23.1. The lowest BCUT2D eigenvalue weighted by molar-refractivity contribution is -0.137. The van der Waals surface area contributed by atoms with Gasteiger partial charge in [-0.3, -0.25) is 9.59 Å². The Morgan fingerprint density at radius 3 is 2.44 bits per heavy atom. The number of furan rings is 1. The van der Waals surface area contributed by atoms with Crippen molar-refractivity contribution in [2.75, 3.05) is 23.9 Å². The number of amides is 2. The van der Waals surface area contributed by atoms with E-state index in [1.165, 1.54) is 11.0 Å². The van der Waals surface area contributed by atoms with Crippen molar-refractivity contribution in [3.63, 3.8) is 0 Å². The van der Waals surface area contributed by atoms with Crippen molar-refractivity contribution in [1.82, 2.24) is 0 Å². The van der Waals surface area contributed by atoms with E-state index in [-0.39, 0.29) is 17.6 Å². The third kappa shape index (κ3) is 5.73. The van der Waals surface area contributed by atoms with Crippen LogP contribution in [0, 0.1) is 0 Å². The van der Waals surface area contributed by atoms with E-state index < -0.39 is 5.97 Å². The maximum absolute atomic E-state index is 12.9. The Bertz CT molecular complexity index is 1150. The molecule has 0 atom stereocenters. The van der Waals surface area contributed by atoms with Gasteiger partial charge >= 0.3 is 5.97 Å². The lowest BCUT2D eigenvalue weighted by Gasteiger charge is -2.19. The summed E-state index contributed by atoms with van der Waals surface area (Å²) in [7, 11) is 1.58. The molecular weight excluding hydrogens is 476 g/mol. The summed E-state index contributed by atoms with van der Waals surface area (Å²) in [6.45, 7) is 2.06. The molecule has 164 valence electrons. The van der Waals surface area contributed by atoms with Crippen LogP contribution in [0.4, 0.5) is 11.4 Å². The van der Waals surface area contributed by atoms with Crippen LogP contribution in [0.1, 0.15) is 33.4 Å². The van der Waals surface area contributed by atoms with Gasteiger partial charge in [0.05, 0.1) is 17.9 Å². The highest BCUT2D eigenvalue weighted by atomic mass is 79.9. The topological polar surface area (TPSA) is 88.9 Å². The van der Waals surface area contributed by atoms with Crippen LogP contribution < -0.4 is 10.2 Å². The number of benzene rings is 2. The van der Waals surface area contributed by atoms with Crippen molar-refractivity contribution >= 4 is 51.2 Å². The quantitative estimate of drug-likeness (QED) is 0.361. The summed E-state index contributed by atoms with van der Waals surface area (Å²) >= 11 is 3.18. The molecule has 2 aromatic carbocycles. The molecule has 0 aliphatic heterocycles. The molecule has 0 saturated heterocycles. The fraction of sp³-hybridized carbons (Fsp3) is 0.125. The maximum atomic E-state index is 12.9. The van der Waals surface area contributed by atoms with Gasteiger partial charge in [-0.1, -0.05) is 24.3 Å². The third-order valence-corrected chi connectivity index (χ3v) is 4.89. The molecule has 0 saturated carbocycles. The number of para-hydroxylation sites is 1. The average molecular weight is 497 g/mol. The predicted molar refractivity (Wildman–Crippen MR) is 126 cm³/mol. The van der Waals surface area contributed by atoms with Crippen LogP contribution in [0.2, 0.25) is 0 Å². The van der Waals surface area contributed by atoms with Crippen molar-refractivity contribution in [1.29, 1.82) is 0 Å². The number of nitrogens with one attached hydrogen (secondary N) is 1. The largest absolute Gasteiger partial charge is 0.463 e. The summed E-state index contributed by atoms with van der Waals surface area (Å²) in [4.78, 5) is 38.4. The minimum absolute atomic E-state index is 0.154. The minimum atomic E-state index is -0.415. The molecule has 3 rings (SSSR count). The lowest BCUT2D eigenvalue weighted by Crippen LogP contribution is -2.28. The van der Waals surface area contributed by atoms with Gasteiger partial charge in [-0.2, -0.15) is 0 Å². The van der Waals surface area contributed by atoms with Gasteiger partial charge in [-0.15, -0.1) is 0 Å². The van der Waals surface area contributed by atoms with Crippen molar-refractivity contribution < 1.29 is 23.5 Å². The predicted octanol–water partition coefficient (Wildman–Crippen LogP) is 5.15. The zero-order valence-electron chi connectivity index (χ0n) is 17.5. The SMILES string of the molecule is CCOC(=O)/C=C/c1ccc(NC(=O)c2ccccc2N(C)C(=O)c2ccc(Br)o2)cc1. The summed E-state index contributed by atoms with van der Waals surface area (Å²) < 4.78 is 10.6. The van der Waals surface area contributed by atoms with Gasteiger partial charge in [-0.05, 0) is 70.9 Å². The van der Waals surface area contributed by atoms with Gasteiger partial charge in [0.25, 0.3) is 11.8 Å². The van der Waals surface area contributed by atoms with Crippen LogP contribution in [0.25, 0.3) is 6.08 Å². The first-order valence-corrected chi connectivity index (χ1v) is 10.6. The molecule has 1 N–H and O–H groups in total. The summed E-state index contributed by atoms with van der Waals surface area (Å²) in [6.07, 6.45) is 2.98. The Morgan fingerprint density at radius 1 is 1.06 bits per heavy atom. The summed E-state index contributed by atoms with van der Waals surface area (Å²) in [5.41, 5.74) is 2.13. The smallest absolute Gasteiger partial charge is 0.330 e. The first-order valence-electron chi connectivity index (χ1n) is 9.77. The van der Waals surface area contributed by atoms with Gasteiger partial charge in [0.1, 0.15) is 0 Å². The van der Waals surface area contributed by atoms with Crippen molar-refractivity contribution in [3.8, 4) is 0 Å². The molecule has 0 spiro atoms. The number of anilines is 2. The molecule has 0 radical (unpaired) electrons. The molecule has 3 aromatic rings. The first kappa shape index (κ1) is 23.0. The van der Waals surface area contributed by atoms with Gasteiger partial charge in [0.2, 0.25) is 0 Å². The van der Waals surface area contributed by atoms with Crippen LogP contribution in [-0.2, 0) is 9.53 Å². The Kier molecular flexibility index (Phi) is 7.62. The highest BCUT2D eigenvalue weighted by Crippen LogP contribution is 2.24. The molecule has 8 heteroatoms. The summed E-state index contributed by atoms with van der Waals surface area (Å²) in [5, 5.41) is 2.83. The number of hydrogen-bond donors (Lipinski definition) is 1. The second-order valence-electron chi connectivity index (χ2n) is 6.65. The number of nitrogens with zero attached hydrogens (tertiary/aromatic N) is 1. The highest BCUT2D eigenvalue weighted by molar-refractivity contribution is 9.10. The number of carbonyl (C=O) groups excluding carboxylic acids is 3. The molecule has 7 nitrogen and oxygen atoms in total. The second kappa shape index (κ2) is 10.6. The van der Waals surface area contributed by atoms with Crippen molar-refractivity contribution in [2.24, 2.45) is 0 Å². The number of hydrogen-bond acceptors (Lipinski definition) is 5. The third-order valence-electron chi connectivity index (χ3n) is 4.47. The number of halogens is 1. The molecule has 0 fully saturated rings. The Balaban J connectivity index is 1.73. The van der Waals surface area contributed by atoms with Crippen LogP contribution in [0.3, 0.4) is 0 Å². The van der Waals surface area contributed by atoms with E-state index in [4.69, 9.17) is 9.15 Å². The van der Waals surface area contributed by atoms with Gasteiger partial charge in [0.15, 0.2) is 10.4 Å². The maximum Gasteiger partial charge on any atom is 0.330 e. The molecule has 0 aliphatic carbocycles. The molecule has 2 amide bonds. The number of ether oxygens (including phenoxy) is 1. The van der Waals surface area contributed by atoms with Crippen LogP contribution in [-0.4, -0.2) is 31.4 Å². The minimum Gasteiger partial charge on any atom is -0.463 e. The van der Waals surface area contributed by atoms with Crippen LogP contribution in [0.15, 0.2) is 75.8 Å². The standard InChI is InChI=1S/C24H21BrN2O5/c1-3-31-22(28)15-10-16-8-11-17(12-9-16)26-23(29)18-6-4-5-7-19(18)27(2)24(30)20-13-14-21(25)32-20/h4-15H,3H2,1-2H3,(H,26,29)/b15-10+.